The van der Waals surface area contributed by atoms with Crippen LogP contribution in [0, 0.1) is 0 Å². The number of ketones is 1. The van der Waals surface area contributed by atoms with E-state index in [-0.39, 0.29) is 24.8 Å². The Kier molecular flexibility index (Phi) is 4.80. The highest BCUT2D eigenvalue weighted by Crippen LogP contribution is 2.37. The Bertz CT molecular complexity index is 624. The van der Waals surface area contributed by atoms with E-state index in [1.54, 1.807) is 19.1 Å². The molecule has 6 heteroatoms. The molecule has 0 aromatic heterocycles. The lowest BCUT2D eigenvalue weighted by molar-refractivity contribution is -0.137. The van der Waals surface area contributed by atoms with Crippen LogP contribution in [0.25, 0.3) is 0 Å². The van der Waals surface area contributed by atoms with E-state index in [1.165, 1.54) is 29.7 Å². The number of carbonyl (C=O) groups is 3. The molecule has 0 atom stereocenters. The number of thioether (sulfide) groups is 1. The predicted molar refractivity (Wildman–Crippen MR) is 78.7 cm³/mol. The molecule has 21 heavy (non-hydrogen) atoms. The Hall–Kier alpha value is -2.08. The van der Waals surface area contributed by atoms with E-state index in [0.717, 1.165) is 4.90 Å². The normalized spacial score (nSPS) is 15.8. The second-order valence-corrected chi connectivity index (χ2v) is 5.49. The number of carbonyl (C=O) groups excluding carboxylic acids is 3. The van der Waals surface area contributed by atoms with Gasteiger partial charge in [-0.25, -0.2) is 4.79 Å². The van der Waals surface area contributed by atoms with Crippen molar-refractivity contribution in [3.63, 3.8) is 0 Å². The molecule has 1 aliphatic rings. The quantitative estimate of drug-likeness (QED) is 0.630. The molecule has 1 aromatic rings. The molecule has 0 aliphatic carbocycles. The van der Waals surface area contributed by atoms with Crippen molar-refractivity contribution in [3.05, 3.63) is 40.9 Å². The predicted octanol–water partition coefficient (Wildman–Crippen LogP) is 2.23. The van der Waals surface area contributed by atoms with Gasteiger partial charge in [-0.3, -0.25) is 14.5 Å². The van der Waals surface area contributed by atoms with Gasteiger partial charge in [-0.2, -0.15) is 0 Å². The first-order chi connectivity index (χ1) is 10.0. The zero-order valence-electron chi connectivity index (χ0n) is 11.8. The summed E-state index contributed by atoms with van der Waals surface area (Å²) < 4.78 is 4.87. The van der Waals surface area contributed by atoms with Gasteiger partial charge >= 0.3 is 5.97 Å². The standard InChI is InChI=1S/C15H15NO4S/c1-3-20-14(18)8-13-16(9-10(2)17)15(19)11-6-4-5-7-12(11)21-13/h4-8H,3,9H2,1-2H3/b13-8-. The number of amides is 1. The lowest BCUT2D eigenvalue weighted by Gasteiger charge is -2.29. The third-order valence-corrected chi connectivity index (χ3v) is 3.88. The maximum absolute atomic E-state index is 12.5. The molecule has 110 valence electrons. The SMILES string of the molecule is CCOC(=O)/C=C1\Sc2ccccc2C(=O)N1CC(C)=O. The van der Waals surface area contributed by atoms with Gasteiger partial charge in [-0.1, -0.05) is 23.9 Å². The van der Waals surface area contributed by atoms with Crippen LogP contribution in [-0.2, 0) is 14.3 Å². The zero-order chi connectivity index (χ0) is 15.4. The first kappa shape index (κ1) is 15.3. The summed E-state index contributed by atoms with van der Waals surface area (Å²) in [6.45, 7) is 3.30. The van der Waals surface area contributed by atoms with Crippen molar-refractivity contribution in [1.82, 2.24) is 4.90 Å². The fourth-order valence-corrected chi connectivity index (χ4v) is 2.96. The molecule has 5 nitrogen and oxygen atoms in total. The van der Waals surface area contributed by atoms with Gasteiger partial charge in [0.05, 0.1) is 29.8 Å². The van der Waals surface area contributed by atoms with Gasteiger partial charge in [0.15, 0.2) is 0 Å². The van der Waals surface area contributed by atoms with E-state index in [2.05, 4.69) is 0 Å². The van der Waals surface area contributed by atoms with Crippen molar-refractivity contribution in [2.45, 2.75) is 18.7 Å². The number of hydrogen-bond donors (Lipinski definition) is 0. The van der Waals surface area contributed by atoms with E-state index in [1.807, 2.05) is 12.1 Å². The van der Waals surface area contributed by atoms with Crippen molar-refractivity contribution in [2.75, 3.05) is 13.2 Å². The minimum Gasteiger partial charge on any atom is -0.463 e. The third-order valence-electron chi connectivity index (χ3n) is 2.75. The average molecular weight is 305 g/mol. The Morgan fingerprint density at radius 2 is 2.05 bits per heavy atom. The molecule has 0 unspecified atom stereocenters. The molecule has 1 aromatic carbocycles. The van der Waals surface area contributed by atoms with E-state index in [9.17, 15) is 14.4 Å². The fourth-order valence-electron chi connectivity index (χ4n) is 1.91. The van der Waals surface area contributed by atoms with Gasteiger partial charge in [0.25, 0.3) is 5.91 Å². The Balaban J connectivity index is 2.40. The number of hydrogen-bond acceptors (Lipinski definition) is 5. The first-order valence-electron chi connectivity index (χ1n) is 6.49. The van der Waals surface area contributed by atoms with Gasteiger partial charge in [0.2, 0.25) is 0 Å². The van der Waals surface area contributed by atoms with Gasteiger partial charge in [0.1, 0.15) is 5.78 Å². The van der Waals surface area contributed by atoms with Crippen LogP contribution in [0.3, 0.4) is 0 Å². The maximum Gasteiger partial charge on any atom is 0.333 e. The molecule has 0 saturated heterocycles. The number of esters is 1. The summed E-state index contributed by atoms with van der Waals surface area (Å²) >= 11 is 1.28. The maximum atomic E-state index is 12.5. The van der Waals surface area contributed by atoms with Crippen molar-refractivity contribution >= 4 is 29.4 Å². The molecule has 1 heterocycles. The minimum absolute atomic E-state index is 0.0641. The zero-order valence-corrected chi connectivity index (χ0v) is 12.6. The second kappa shape index (κ2) is 6.58. The second-order valence-electron chi connectivity index (χ2n) is 4.43. The molecule has 1 amide bonds. The summed E-state index contributed by atoms with van der Waals surface area (Å²) in [7, 11) is 0. The van der Waals surface area contributed by atoms with Crippen LogP contribution in [0.2, 0.25) is 0 Å². The third kappa shape index (κ3) is 3.52. The molecule has 0 saturated carbocycles. The monoisotopic (exact) mass is 305 g/mol. The number of rotatable bonds is 4. The number of benzene rings is 1. The van der Waals surface area contributed by atoms with Gasteiger partial charge in [-0.15, -0.1) is 0 Å². The summed E-state index contributed by atoms with van der Waals surface area (Å²) in [5, 5.41) is 0.410. The fraction of sp³-hybridized carbons (Fsp3) is 0.267. The Labute approximate surface area is 127 Å². The van der Waals surface area contributed by atoms with Crippen molar-refractivity contribution in [3.8, 4) is 0 Å². The molecule has 2 rings (SSSR count). The first-order valence-corrected chi connectivity index (χ1v) is 7.31. The van der Waals surface area contributed by atoms with E-state index in [4.69, 9.17) is 4.74 Å². The van der Waals surface area contributed by atoms with Crippen LogP contribution in [0.5, 0.6) is 0 Å². The highest BCUT2D eigenvalue weighted by Gasteiger charge is 2.30. The molecule has 1 aliphatic heterocycles. The van der Waals surface area contributed by atoms with Crippen molar-refractivity contribution in [1.29, 1.82) is 0 Å². The minimum atomic E-state index is -0.527. The summed E-state index contributed by atoms with van der Waals surface area (Å²) in [4.78, 5) is 37.5. The molecular weight excluding hydrogens is 290 g/mol. The van der Waals surface area contributed by atoms with Crippen molar-refractivity contribution < 1.29 is 19.1 Å². The smallest absolute Gasteiger partial charge is 0.333 e. The van der Waals surface area contributed by atoms with E-state index >= 15 is 0 Å². The van der Waals surface area contributed by atoms with E-state index in [0.29, 0.717) is 10.6 Å². The van der Waals surface area contributed by atoms with Crippen LogP contribution in [0.15, 0.2) is 40.3 Å². The number of Topliss-reactive ketones (excluding diaryl/α,β-unsaturated/α-hetero) is 1. The molecule has 0 bridgehead atoms. The molecule has 0 fully saturated rings. The largest absolute Gasteiger partial charge is 0.463 e. The Morgan fingerprint density at radius 3 is 2.71 bits per heavy atom. The van der Waals surface area contributed by atoms with Crippen LogP contribution >= 0.6 is 11.8 Å². The molecule has 0 radical (unpaired) electrons. The highest BCUT2D eigenvalue weighted by atomic mass is 32.2. The van der Waals surface area contributed by atoms with Gasteiger partial charge in [-0.05, 0) is 26.0 Å². The molecular formula is C15H15NO4S. The van der Waals surface area contributed by atoms with Crippen LogP contribution in [-0.4, -0.2) is 35.7 Å². The Morgan fingerprint density at radius 1 is 1.33 bits per heavy atom. The number of ether oxygens (including phenoxy) is 1. The number of nitrogens with zero attached hydrogens (tertiary/aromatic N) is 1. The summed E-state index contributed by atoms with van der Waals surface area (Å²) in [6.07, 6.45) is 1.25. The molecule has 0 spiro atoms. The molecule has 0 N–H and O–H groups in total. The lowest BCUT2D eigenvalue weighted by Crippen LogP contribution is -2.36. The summed E-state index contributed by atoms with van der Waals surface area (Å²) in [5.41, 5.74) is 0.532. The van der Waals surface area contributed by atoms with Crippen LogP contribution in [0.1, 0.15) is 24.2 Å². The number of fused-ring (bicyclic) bond motifs is 1. The van der Waals surface area contributed by atoms with Gasteiger partial charge < -0.3 is 4.74 Å². The average Bonchev–Trinajstić information content (AvgIpc) is 2.43. The van der Waals surface area contributed by atoms with Crippen molar-refractivity contribution in [2.24, 2.45) is 0 Å². The topological polar surface area (TPSA) is 63.7 Å². The lowest BCUT2D eigenvalue weighted by atomic mass is 10.2. The van der Waals surface area contributed by atoms with E-state index < -0.39 is 5.97 Å². The summed E-state index contributed by atoms with van der Waals surface area (Å²) in [6, 6.07) is 7.10. The van der Waals surface area contributed by atoms with Crippen LogP contribution < -0.4 is 0 Å². The highest BCUT2D eigenvalue weighted by molar-refractivity contribution is 8.03. The van der Waals surface area contributed by atoms with Gasteiger partial charge in [0, 0.05) is 4.90 Å². The summed E-state index contributed by atoms with van der Waals surface area (Å²) in [5.74, 6) is -0.964. The van der Waals surface area contributed by atoms with Crippen LogP contribution in [0.4, 0.5) is 0 Å².